The predicted octanol–water partition coefficient (Wildman–Crippen LogP) is 3.76. The van der Waals surface area contributed by atoms with Gasteiger partial charge in [-0.1, -0.05) is 16.8 Å². The van der Waals surface area contributed by atoms with Crippen molar-refractivity contribution in [3.05, 3.63) is 44.7 Å². The number of hydrogen-bond acceptors (Lipinski definition) is 5. The highest BCUT2D eigenvalue weighted by molar-refractivity contribution is 14.1. The van der Waals surface area contributed by atoms with Gasteiger partial charge in [-0.3, -0.25) is 4.98 Å². The van der Waals surface area contributed by atoms with Gasteiger partial charge < -0.3 is 9.26 Å². The second-order valence-electron chi connectivity index (χ2n) is 4.09. The average molecular weight is 402 g/mol. The van der Waals surface area contributed by atoms with Crippen LogP contribution in [0.2, 0.25) is 5.02 Å². The van der Waals surface area contributed by atoms with Gasteiger partial charge in [-0.15, -0.1) is 0 Å². The summed E-state index contributed by atoms with van der Waals surface area (Å²) in [4.78, 5) is 8.44. The molecular weight excluding hydrogens is 393 g/mol. The summed E-state index contributed by atoms with van der Waals surface area (Å²) >= 11 is 8.38. The Morgan fingerprint density at radius 2 is 2.30 bits per heavy atom. The molecule has 3 rings (SSSR count). The standard InChI is InChI=1S/C13H9ClIN3O2/c1-7-17-11(20-18-7)6-19-13-10(15)5-9(14)8-3-2-4-16-12(8)13/h2-5H,6H2,1H3. The van der Waals surface area contributed by atoms with Crippen LogP contribution in [0.25, 0.3) is 10.9 Å². The highest BCUT2D eigenvalue weighted by atomic mass is 127. The van der Waals surface area contributed by atoms with E-state index in [9.17, 15) is 0 Å². The maximum absolute atomic E-state index is 6.21. The van der Waals surface area contributed by atoms with E-state index in [-0.39, 0.29) is 6.61 Å². The van der Waals surface area contributed by atoms with E-state index < -0.39 is 0 Å². The minimum Gasteiger partial charge on any atom is -0.480 e. The average Bonchev–Trinajstić information content (AvgIpc) is 2.84. The fourth-order valence-electron chi connectivity index (χ4n) is 1.82. The van der Waals surface area contributed by atoms with Gasteiger partial charge >= 0.3 is 0 Å². The van der Waals surface area contributed by atoms with E-state index in [2.05, 4.69) is 37.7 Å². The molecule has 3 aromatic rings. The van der Waals surface area contributed by atoms with Gasteiger partial charge in [-0.25, -0.2) is 0 Å². The van der Waals surface area contributed by atoms with Gasteiger partial charge in [-0.05, 0) is 47.7 Å². The quantitative estimate of drug-likeness (QED) is 0.625. The minimum atomic E-state index is 0.199. The third-order valence-electron chi connectivity index (χ3n) is 2.66. The molecule has 0 saturated carbocycles. The maximum Gasteiger partial charge on any atom is 0.264 e. The zero-order valence-electron chi connectivity index (χ0n) is 10.4. The van der Waals surface area contributed by atoms with Gasteiger partial charge in [0.05, 0.1) is 8.59 Å². The van der Waals surface area contributed by atoms with Crippen LogP contribution in [0.3, 0.4) is 0 Å². The zero-order valence-corrected chi connectivity index (χ0v) is 13.3. The monoisotopic (exact) mass is 401 g/mol. The summed E-state index contributed by atoms with van der Waals surface area (Å²) in [5.41, 5.74) is 0.723. The summed E-state index contributed by atoms with van der Waals surface area (Å²) in [6.45, 7) is 1.96. The number of pyridine rings is 1. The molecule has 0 aliphatic heterocycles. The number of benzene rings is 1. The van der Waals surface area contributed by atoms with Crippen LogP contribution in [0.1, 0.15) is 11.7 Å². The zero-order chi connectivity index (χ0) is 14.1. The Morgan fingerprint density at radius 3 is 3.05 bits per heavy atom. The van der Waals surface area contributed by atoms with Crippen LogP contribution < -0.4 is 4.74 Å². The number of halogens is 2. The van der Waals surface area contributed by atoms with Gasteiger partial charge in [-0.2, -0.15) is 4.98 Å². The van der Waals surface area contributed by atoms with Crippen molar-refractivity contribution < 1.29 is 9.26 Å². The molecule has 2 aromatic heterocycles. The lowest BCUT2D eigenvalue weighted by Gasteiger charge is -2.10. The Labute approximate surface area is 133 Å². The Morgan fingerprint density at radius 1 is 1.45 bits per heavy atom. The van der Waals surface area contributed by atoms with E-state index in [0.29, 0.717) is 22.5 Å². The number of fused-ring (bicyclic) bond motifs is 1. The van der Waals surface area contributed by atoms with Crippen molar-refractivity contribution in [2.24, 2.45) is 0 Å². The molecule has 0 bridgehead atoms. The van der Waals surface area contributed by atoms with Crippen LogP contribution in [-0.2, 0) is 6.61 Å². The molecular formula is C13H9ClIN3O2. The third kappa shape index (κ3) is 2.57. The van der Waals surface area contributed by atoms with Crippen LogP contribution >= 0.6 is 34.2 Å². The van der Waals surface area contributed by atoms with Gasteiger partial charge in [0, 0.05) is 11.6 Å². The van der Waals surface area contributed by atoms with Crippen molar-refractivity contribution in [2.45, 2.75) is 13.5 Å². The van der Waals surface area contributed by atoms with E-state index in [1.807, 2.05) is 18.2 Å². The molecule has 0 unspecified atom stereocenters. The number of ether oxygens (including phenoxy) is 1. The largest absolute Gasteiger partial charge is 0.480 e. The summed E-state index contributed by atoms with van der Waals surface area (Å²) in [5, 5.41) is 5.23. The lowest BCUT2D eigenvalue weighted by molar-refractivity contribution is 0.243. The van der Waals surface area contributed by atoms with Crippen molar-refractivity contribution in [3.8, 4) is 5.75 Å². The maximum atomic E-state index is 6.21. The normalized spacial score (nSPS) is 10.9. The van der Waals surface area contributed by atoms with Crippen LogP contribution in [0, 0.1) is 10.5 Å². The number of nitrogens with zero attached hydrogens (tertiary/aromatic N) is 3. The molecule has 0 aliphatic rings. The number of aromatic nitrogens is 3. The molecule has 0 fully saturated rings. The summed E-state index contributed by atoms with van der Waals surface area (Å²) in [5.74, 6) is 1.68. The molecule has 2 heterocycles. The van der Waals surface area contributed by atoms with E-state index >= 15 is 0 Å². The SMILES string of the molecule is Cc1noc(COc2c(I)cc(Cl)c3cccnc23)n1. The molecule has 0 spiro atoms. The summed E-state index contributed by atoms with van der Waals surface area (Å²) < 4.78 is 11.7. The molecule has 1 aromatic carbocycles. The van der Waals surface area contributed by atoms with E-state index in [0.717, 1.165) is 14.5 Å². The number of rotatable bonds is 3. The summed E-state index contributed by atoms with van der Waals surface area (Å²) in [6, 6.07) is 5.59. The Kier molecular flexibility index (Phi) is 3.75. The first kappa shape index (κ1) is 13.6. The summed E-state index contributed by atoms with van der Waals surface area (Å²) in [7, 11) is 0. The Hall–Kier alpha value is -1.41. The van der Waals surface area contributed by atoms with Crippen molar-refractivity contribution in [2.75, 3.05) is 0 Å². The fourth-order valence-corrected chi connectivity index (χ4v) is 2.98. The first-order valence-corrected chi connectivity index (χ1v) is 7.25. The molecule has 0 atom stereocenters. The molecule has 0 saturated heterocycles. The van der Waals surface area contributed by atoms with Crippen molar-refractivity contribution in [1.29, 1.82) is 0 Å². The fraction of sp³-hybridized carbons (Fsp3) is 0.154. The van der Waals surface area contributed by atoms with Gasteiger partial charge in [0.25, 0.3) is 5.89 Å². The number of aryl methyl sites for hydroxylation is 1. The van der Waals surface area contributed by atoms with Crippen molar-refractivity contribution in [1.82, 2.24) is 15.1 Å². The molecule has 5 nitrogen and oxygen atoms in total. The first-order chi connectivity index (χ1) is 9.65. The summed E-state index contributed by atoms with van der Waals surface area (Å²) in [6.07, 6.45) is 1.71. The van der Waals surface area contributed by atoms with E-state index in [1.165, 1.54) is 0 Å². The van der Waals surface area contributed by atoms with E-state index in [4.69, 9.17) is 20.9 Å². The number of hydrogen-bond donors (Lipinski definition) is 0. The van der Waals surface area contributed by atoms with Crippen LogP contribution in [0.5, 0.6) is 5.75 Å². The van der Waals surface area contributed by atoms with Gasteiger partial charge in [0.1, 0.15) is 5.52 Å². The van der Waals surface area contributed by atoms with Crippen LogP contribution in [0.4, 0.5) is 0 Å². The molecule has 0 radical (unpaired) electrons. The Bertz CT molecular complexity index is 775. The van der Waals surface area contributed by atoms with Gasteiger partial charge in [0.15, 0.2) is 18.2 Å². The highest BCUT2D eigenvalue weighted by Crippen LogP contribution is 2.34. The van der Waals surface area contributed by atoms with Crippen molar-refractivity contribution >= 4 is 45.1 Å². The predicted molar refractivity (Wildman–Crippen MR) is 82.8 cm³/mol. The van der Waals surface area contributed by atoms with E-state index in [1.54, 1.807) is 13.1 Å². The molecule has 7 heteroatoms. The second-order valence-corrected chi connectivity index (χ2v) is 5.66. The van der Waals surface area contributed by atoms with Crippen LogP contribution in [-0.4, -0.2) is 15.1 Å². The second kappa shape index (κ2) is 5.53. The Balaban J connectivity index is 1.98. The van der Waals surface area contributed by atoms with Crippen molar-refractivity contribution in [3.63, 3.8) is 0 Å². The lowest BCUT2D eigenvalue weighted by Crippen LogP contribution is -1.99. The third-order valence-corrected chi connectivity index (χ3v) is 3.77. The van der Waals surface area contributed by atoms with Gasteiger partial charge in [0.2, 0.25) is 0 Å². The smallest absolute Gasteiger partial charge is 0.264 e. The molecule has 0 amide bonds. The lowest BCUT2D eigenvalue weighted by atomic mass is 10.2. The first-order valence-electron chi connectivity index (χ1n) is 5.80. The molecule has 0 aliphatic carbocycles. The topological polar surface area (TPSA) is 61.0 Å². The van der Waals surface area contributed by atoms with Crippen LogP contribution in [0.15, 0.2) is 28.9 Å². The molecule has 102 valence electrons. The molecule has 20 heavy (non-hydrogen) atoms. The minimum absolute atomic E-state index is 0.199. The molecule has 0 N–H and O–H groups in total. The highest BCUT2D eigenvalue weighted by Gasteiger charge is 2.13.